The number of carboxylic acid groups (broad SMARTS) is 1. The van der Waals surface area contributed by atoms with Crippen molar-refractivity contribution < 1.29 is 19.4 Å². The number of urea groups is 1. The number of hydrogen-bond acceptors (Lipinski definition) is 3. The van der Waals surface area contributed by atoms with Gasteiger partial charge in [0.15, 0.2) is 5.54 Å². The molecule has 1 aliphatic carbocycles. The summed E-state index contributed by atoms with van der Waals surface area (Å²) in [6, 6.07) is -0.329. The van der Waals surface area contributed by atoms with Crippen molar-refractivity contribution in [3.05, 3.63) is 0 Å². The number of ether oxygens (including phenoxy) is 1. The van der Waals surface area contributed by atoms with Crippen molar-refractivity contribution >= 4 is 12.0 Å². The zero-order chi connectivity index (χ0) is 12.5. The summed E-state index contributed by atoms with van der Waals surface area (Å²) in [5.74, 6) is -0.436. The van der Waals surface area contributed by atoms with Crippen LogP contribution in [0.5, 0.6) is 0 Å². The normalized spacial score (nSPS) is 27.8. The van der Waals surface area contributed by atoms with Crippen LogP contribution in [0.15, 0.2) is 0 Å². The van der Waals surface area contributed by atoms with Crippen LogP contribution in [0.1, 0.15) is 19.3 Å². The van der Waals surface area contributed by atoms with Crippen molar-refractivity contribution in [1.82, 2.24) is 10.2 Å². The highest BCUT2D eigenvalue weighted by Crippen LogP contribution is 2.29. The second kappa shape index (κ2) is 4.52. The third kappa shape index (κ3) is 2.69. The number of hydrogen-bond donors (Lipinski definition) is 2. The third-order valence-corrected chi connectivity index (χ3v) is 3.35. The largest absolute Gasteiger partial charge is 0.479 e. The average Bonchev–Trinajstić information content (AvgIpc) is 2.94. The summed E-state index contributed by atoms with van der Waals surface area (Å²) in [6.07, 6.45) is 2.64. The van der Waals surface area contributed by atoms with Crippen molar-refractivity contribution in [2.45, 2.75) is 24.8 Å². The molecule has 6 heteroatoms. The van der Waals surface area contributed by atoms with E-state index in [4.69, 9.17) is 4.74 Å². The van der Waals surface area contributed by atoms with Crippen LogP contribution < -0.4 is 5.32 Å². The summed E-state index contributed by atoms with van der Waals surface area (Å²) < 4.78 is 5.08. The Balaban J connectivity index is 1.92. The Labute approximate surface area is 99.9 Å². The van der Waals surface area contributed by atoms with E-state index in [-0.39, 0.29) is 12.6 Å². The lowest BCUT2D eigenvalue weighted by molar-refractivity contribution is -0.144. The first kappa shape index (κ1) is 12.2. The molecule has 1 aliphatic heterocycles. The van der Waals surface area contributed by atoms with Crippen LogP contribution >= 0.6 is 0 Å². The quantitative estimate of drug-likeness (QED) is 0.742. The molecule has 1 atom stereocenters. The van der Waals surface area contributed by atoms with E-state index in [1.807, 2.05) is 0 Å². The van der Waals surface area contributed by atoms with Crippen LogP contribution in [0.3, 0.4) is 0 Å². The van der Waals surface area contributed by atoms with Gasteiger partial charge in [-0.15, -0.1) is 0 Å². The maximum atomic E-state index is 11.9. The second-order valence-corrected chi connectivity index (χ2v) is 4.94. The van der Waals surface area contributed by atoms with E-state index < -0.39 is 11.5 Å². The number of aliphatic carboxylic acids is 1. The molecular formula is C11H18N2O4. The van der Waals surface area contributed by atoms with Gasteiger partial charge in [0.2, 0.25) is 0 Å². The molecule has 1 saturated carbocycles. The molecule has 0 aromatic carbocycles. The molecule has 1 unspecified atom stereocenters. The smallest absolute Gasteiger partial charge is 0.332 e. The van der Waals surface area contributed by atoms with E-state index in [0.717, 1.165) is 12.8 Å². The van der Waals surface area contributed by atoms with E-state index in [1.165, 1.54) is 0 Å². The Morgan fingerprint density at radius 3 is 2.71 bits per heavy atom. The molecular weight excluding hydrogens is 224 g/mol. The van der Waals surface area contributed by atoms with Crippen LogP contribution in [0.2, 0.25) is 0 Å². The number of carboxylic acids is 1. The first-order chi connectivity index (χ1) is 8.03. The molecule has 0 spiro atoms. The standard InChI is InChI=1S/C11H18N2O4/c1-13(6-8-2-3-8)10(16)12-11(9(14)15)4-5-17-7-11/h8H,2-7H2,1H3,(H,12,16)(H,14,15). The molecule has 0 radical (unpaired) electrons. The van der Waals surface area contributed by atoms with Crippen molar-refractivity contribution in [1.29, 1.82) is 0 Å². The molecule has 2 fully saturated rings. The van der Waals surface area contributed by atoms with Gasteiger partial charge in [-0.25, -0.2) is 9.59 Å². The lowest BCUT2D eigenvalue weighted by Gasteiger charge is -2.27. The lowest BCUT2D eigenvalue weighted by atomic mass is 9.99. The third-order valence-electron chi connectivity index (χ3n) is 3.35. The molecule has 96 valence electrons. The zero-order valence-corrected chi connectivity index (χ0v) is 9.94. The number of carbonyl (C=O) groups excluding carboxylic acids is 1. The molecule has 2 aliphatic rings. The van der Waals surface area contributed by atoms with Crippen molar-refractivity contribution in [3.8, 4) is 0 Å². The average molecular weight is 242 g/mol. The molecule has 6 nitrogen and oxygen atoms in total. The van der Waals surface area contributed by atoms with Gasteiger partial charge in [-0.1, -0.05) is 0 Å². The Hall–Kier alpha value is -1.30. The summed E-state index contributed by atoms with van der Waals surface area (Å²) in [4.78, 5) is 24.6. The van der Waals surface area contributed by atoms with E-state index in [2.05, 4.69) is 5.32 Å². The van der Waals surface area contributed by atoms with Gasteiger partial charge in [-0.05, 0) is 18.8 Å². The molecule has 2 rings (SSSR count). The SMILES string of the molecule is CN(CC1CC1)C(=O)NC1(C(=O)O)CCOC1. The van der Waals surface area contributed by atoms with Crippen LogP contribution in [-0.2, 0) is 9.53 Å². The molecule has 1 saturated heterocycles. The zero-order valence-electron chi connectivity index (χ0n) is 9.94. The Kier molecular flexibility index (Phi) is 3.24. The molecule has 17 heavy (non-hydrogen) atoms. The first-order valence-electron chi connectivity index (χ1n) is 5.88. The predicted molar refractivity (Wildman–Crippen MR) is 59.7 cm³/mol. The minimum Gasteiger partial charge on any atom is -0.479 e. The molecule has 2 N–H and O–H groups in total. The first-order valence-corrected chi connectivity index (χ1v) is 5.88. The van der Waals surface area contributed by atoms with Gasteiger partial charge >= 0.3 is 12.0 Å². The van der Waals surface area contributed by atoms with Crippen LogP contribution in [-0.4, -0.2) is 54.4 Å². The predicted octanol–water partition coefficient (Wildman–Crippen LogP) is 0.281. The Morgan fingerprint density at radius 2 is 2.24 bits per heavy atom. The number of carbonyl (C=O) groups is 2. The monoisotopic (exact) mass is 242 g/mol. The molecule has 1 heterocycles. The van der Waals surface area contributed by atoms with Crippen LogP contribution in [0.4, 0.5) is 4.79 Å². The molecule has 0 aromatic rings. The molecule has 2 amide bonds. The molecule has 0 aromatic heterocycles. The van der Waals surface area contributed by atoms with E-state index >= 15 is 0 Å². The fourth-order valence-corrected chi connectivity index (χ4v) is 1.96. The van der Waals surface area contributed by atoms with Gasteiger partial charge in [0.05, 0.1) is 6.61 Å². The maximum absolute atomic E-state index is 11.9. The van der Waals surface area contributed by atoms with Crippen LogP contribution in [0.25, 0.3) is 0 Å². The van der Waals surface area contributed by atoms with Crippen molar-refractivity contribution in [2.24, 2.45) is 5.92 Å². The summed E-state index contributed by atoms with van der Waals surface area (Å²) in [5, 5.41) is 11.8. The topological polar surface area (TPSA) is 78.9 Å². The van der Waals surface area contributed by atoms with E-state index in [1.54, 1.807) is 11.9 Å². The van der Waals surface area contributed by atoms with Gasteiger partial charge in [-0.2, -0.15) is 0 Å². The Bertz CT molecular complexity index is 321. The Morgan fingerprint density at radius 1 is 1.53 bits per heavy atom. The highest BCUT2D eigenvalue weighted by Gasteiger charge is 2.44. The number of nitrogens with zero attached hydrogens (tertiary/aromatic N) is 1. The van der Waals surface area contributed by atoms with Crippen LogP contribution in [0, 0.1) is 5.92 Å². The van der Waals surface area contributed by atoms with Gasteiger partial charge in [0, 0.05) is 26.6 Å². The highest BCUT2D eigenvalue weighted by atomic mass is 16.5. The fourth-order valence-electron chi connectivity index (χ4n) is 1.96. The van der Waals surface area contributed by atoms with Gasteiger partial charge in [-0.3, -0.25) is 0 Å². The highest BCUT2D eigenvalue weighted by molar-refractivity contribution is 5.86. The van der Waals surface area contributed by atoms with E-state index in [0.29, 0.717) is 25.5 Å². The summed E-state index contributed by atoms with van der Waals surface area (Å²) in [7, 11) is 1.69. The number of rotatable bonds is 4. The van der Waals surface area contributed by atoms with E-state index in [9.17, 15) is 14.7 Å². The molecule has 0 bridgehead atoms. The van der Waals surface area contributed by atoms with Crippen molar-refractivity contribution in [2.75, 3.05) is 26.8 Å². The fraction of sp³-hybridized carbons (Fsp3) is 0.818. The van der Waals surface area contributed by atoms with Gasteiger partial charge in [0.25, 0.3) is 0 Å². The van der Waals surface area contributed by atoms with Gasteiger partial charge in [0.1, 0.15) is 0 Å². The summed E-state index contributed by atoms with van der Waals surface area (Å²) in [6.45, 7) is 1.12. The lowest BCUT2D eigenvalue weighted by Crippen LogP contribution is -2.58. The number of nitrogens with one attached hydrogen (secondary N) is 1. The second-order valence-electron chi connectivity index (χ2n) is 4.94. The number of amides is 2. The maximum Gasteiger partial charge on any atom is 0.332 e. The van der Waals surface area contributed by atoms with Crippen molar-refractivity contribution in [3.63, 3.8) is 0 Å². The van der Waals surface area contributed by atoms with Gasteiger partial charge < -0.3 is 20.1 Å². The summed E-state index contributed by atoms with van der Waals surface area (Å²) in [5.41, 5.74) is -1.24. The summed E-state index contributed by atoms with van der Waals surface area (Å²) >= 11 is 0. The minimum atomic E-state index is -1.24. The minimum absolute atomic E-state index is 0.0470.